The first kappa shape index (κ1) is 8.92. The highest BCUT2D eigenvalue weighted by atomic mass is 16.6. The summed E-state index contributed by atoms with van der Waals surface area (Å²) in [6, 6.07) is 1.82. The molecular formula is C8H9N3O3. The molecule has 0 aromatic carbocycles. The molecule has 2 aromatic rings. The minimum Gasteiger partial charge on any atom is -0.461 e. The minimum absolute atomic E-state index is 0.0900. The van der Waals surface area contributed by atoms with Crippen molar-refractivity contribution < 1.29 is 13.8 Å². The van der Waals surface area contributed by atoms with Crippen molar-refractivity contribution in [1.82, 2.24) is 10.1 Å². The highest BCUT2D eigenvalue weighted by molar-refractivity contribution is 5.50. The molecule has 0 bridgehead atoms. The van der Waals surface area contributed by atoms with E-state index in [-0.39, 0.29) is 6.61 Å². The molecule has 0 saturated heterocycles. The van der Waals surface area contributed by atoms with E-state index in [2.05, 4.69) is 15.0 Å². The van der Waals surface area contributed by atoms with Crippen LogP contribution in [0.25, 0.3) is 11.6 Å². The number of aromatic nitrogens is 2. The molecule has 74 valence electrons. The van der Waals surface area contributed by atoms with Gasteiger partial charge in [-0.05, 0) is 18.6 Å². The fraction of sp³-hybridized carbons (Fsp3) is 0.250. The topological polar surface area (TPSA) is 87.3 Å². The number of nitrogens with zero attached hydrogens (tertiary/aromatic N) is 2. The van der Waals surface area contributed by atoms with E-state index in [1.165, 1.54) is 0 Å². The molecule has 2 aromatic heterocycles. The lowest BCUT2D eigenvalue weighted by Crippen LogP contribution is -1.98. The molecule has 0 aliphatic carbocycles. The van der Waals surface area contributed by atoms with Crippen molar-refractivity contribution in [3.05, 3.63) is 23.8 Å². The average Bonchev–Trinajstić information content (AvgIpc) is 2.74. The molecular weight excluding hydrogens is 186 g/mol. The largest absolute Gasteiger partial charge is 0.461 e. The minimum atomic E-state index is 0.0900. The Morgan fingerprint density at radius 1 is 1.57 bits per heavy atom. The van der Waals surface area contributed by atoms with E-state index in [1.54, 1.807) is 6.26 Å². The van der Waals surface area contributed by atoms with Crippen molar-refractivity contribution in [3.63, 3.8) is 0 Å². The molecule has 6 nitrogen and oxygen atoms in total. The number of hydrogen-bond acceptors (Lipinski definition) is 6. The fourth-order valence-electron chi connectivity index (χ4n) is 1.08. The summed E-state index contributed by atoms with van der Waals surface area (Å²) in [5, 5.41) is 3.72. The van der Waals surface area contributed by atoms with Gasteiger partial charge in [0.1, 0.15) is 6.61 Å². The van der Waals surface area contributed by atoms with Gasteiger partial charge in [0.15, 0.2) is 5.76 Å². The second kappa shape index (κ2) is 3.60. The Balaban J connectivity index is 2.29. The zero-order valence-corrected chi connectivity index (χ0v) is 7.56. The molecule has 0 amide bonds. The molecule has 0 unspecified atom stereocenters. The SMILES string of the molecule is Cc1ccoc1-c1noc(CON)n1. The monoisotopic (exact) mass is 195 g/mol. The van der Waals surface area contributed by atoms with Gasteiger partial charge in [0.2, 0.25) is 5.82 Å². The lowest BCUT2D eigenvalue weighted by molar-refractivity contribution is 0.0995. The van der Waals surface area contributed by atoms with E-state index in [4.69, 9.17) is 14.8 Å². The van der Waals surface area contributed by atoms with Crippen LogP contribution in [-0.4, -0.2) is 10.1 Å². The molecule has 2 rings (SSSR count). The Morgan fingerprint density at radius 2 is 2.43 bits per heavy atom. The molecule has 0 radical (unpaired) electrons. The first-order chi connectivity index (χ1) is 6.81. The van der Waals surface area contributed by atoms with Crippen molar-refractivity contribution in [1.29, 1.82) is 0 Å². The van der Waals surface area contributed by atoms with Gasteiger partial charge in [0.05, 0.1) is 6.26 Å². The smallest absolute Gasteiger partial charge is 0.255 e. The number of furan rings is 1. The summed E-state index contributed by atoms with van der Waals surface area (Å²) in [6.07, 6.45) is 1.57. The van der Waals surface area contributed by atoms with Crippen LogP contribution in [0.2, 0.25) is 0 Å². The molecule has 2 N–H and O–H groups in total. The van der Waals surface area contributed by atoms with Gasteiger partial charge in [-0.15, -0.1) is 0 Å². The van der Waals surface area contributed by atoms with Crippen molar-refractivity contribution in [2.24, 2.45) is 5.90 Å². The van der Waals surface area contributed by atoms with E-state index in [1.807, 2.05) is 13.0 Å². The zero-order chi connectivity index (χ0) is 9.97. The van der Waals surface area contributed by atoms with Crippen LogP contribution in [0.15, 0.2) is 21.3 Å². The zero-order valence-electron chi connectivity index (χ0n) is 7.56. The maximum Gasteiger partial charge on any atom is 0.255 e. The molecule has 0 spiro atoms. The van der Waals surface area contributed by atoms with E-state index >= 15 is 0 Å². The Hall–Kier alpha value is -1.66. The predicted octanol–water partition coefficient (Wildman–Crippen LogP) is 1.03. The summed E-state index contributed by atoms with van der Waals surface area (Å²) < 4.78 is 10.0. The van der Waals surface area contributed by atoms with Gasteiger partial charge in [0.25, 0.3) is 5.89 Å². The molecule has 0 fully saturated rings. The number of nitrogens with two attached hydrogens (primary N) is 1. The summed E-state index contributed by atoms with van der Waals surface area (Å²) in [6.45, 7) is 1.99. The highest BCUT2D eigenvalue weighted by Gasteiger charge is 2.13. The second-order valence-electron chi connectivity index (χ2n) is 2.76. The van der Waals surface area contributed by atoms with Crippen molar-refractivity contribution in [2.75, 3.05) is 0 Å². The van der Waals surface area contributed by atoms with Crippen molar-refractivity contribution in [2.45, 2.75) is 13.5 Å². The standard InChI is InChI=1S/C8H9N3O3/c1-5-2-3-12-7(5)8-10-6(4-13-9)14-11-8/h2-3H,4,9H2,1H3. The fourth-order valence-corrected chi connectivity index (χ4v) is 1.08. The summed E-state index contributed by atoms with van der Waals surface area (Å²) in [5.74, 6) is 6.18. The van der Waals surface area contributed by atoms with Crippen LogP contribution >= 0.6 is 0 Å². The van der Waals surface area contributed by atoms with Gasteiger partial charge < -0.3 is 8.94 Å². The van der Waals surface area contributed by atoms with Crippen LogP contribution in [0.1, 0.15) is 11.5 Å². The summed E-state index contributed by atoms with van der Waals surface area (Å²) in [7, 11) is 0. The molecule has 6 heteroatoms. The predicted molar refractivity (Wildman–Crippen MR) is 45.7 cm³/mol. The van der Waals surface area contributed by atoms with Gasteiger partial charge in [0, 0.05) is 0 Å². The van der Waals surface area contributed by atoms with Crippen LogP contribution in [0.4, 0.5) is 0 Å². The second-order valence-corrected chi connectivity index (χ2v) is 2.76. The van der Waals surface area contributed by atoms with E-state index < -0.39 is 0 Å². The molecule has 0 saturated carbocycles. The summed E-state index contributed by atoms with van der Waals surface area (Å²) >= 11 is 0. The third kappa shape index (κ3) is 1.52. The van der Waals surface area contributed by atoms with Crippen LogP contribution in [0.3, 0.4) is 0 Å². The van der Waals surface area contributed by atoms with Gasteiger partial charge >= 0.3 is 0 Å². The lowest BCUT2D eigenvalue weighted by Gasteiger charge is -1.88. The van der Waals surface area contributed by atoms with Gasteiger partial charge in [-0.25, -0.2) is 5.90 Å². The van der Waals surface area contributed by atoms with Gasteiger partial charge in [-0.3, -0.25) is 4.84 Å². The summed E-state index contributed by atoms with van der Waals surface area (Å²) in [4.78, 5) is 8.39. The molecule has 0 aliphatic heterocycles. The first-order valence-electron chi connectivity index (χ1n) is 4.00. The average molecular weight is 195 g/mol. The Morgan fingerprint density at radius 3 is 3.07 bits per heavy atom. The molecule has 14 heavy (non-hydrogen) atoms. The molecule has 2 heterocycles. The van der Waals surface area contributed by atoms with Gasteiger partial charge in [-0.2, -0.15) is 4.98 Å². The summed E-state index contributed by atoms with van der Waals surface area (Å²) in [5.41, 5.74) is 0.950. The van der Waals surface area contributed by atoms with Crippen LogP contribution < -0.4 is 5.90 Å². The lowest BCUT2D eigenvalue weighted by atomic mass is 10.3. The molecule has 0 aliphatic rings. The van der Waals surface area contributed by atoms with Gasteiger partial charge in [-0.1, -0.05) is 5.16 Å². The normalized spacial score (nSPS) is 10.7. The van der Waals surface area contributed by atoms with E-state index in [0.29, 0.717) is 17.5 Å². The van der Waals surface area contributed by atoms with E-state index in [0.717, 1.165) is 5.56 Å². The third-order valence-electron chi connectivity index (χ3n) is 1.74. The number of aryl methyl sites for hydroxylation is 1. The highest BCUT2D eigenvalue weighted by Crippen LogP contribution is 2.20. The van der Waals surface area contributed by atoms with Crippen LogP contribution in [0.5, 0.6) is 0 Å². The maximum absolute atomic E-state index is 5.18. The Labute approximate surface area is 79.6 Å². The quantitative estimate of drug-likeness (QED) is 0.736. The van der Waals surface area contributed by atoms with Crippen LogP contribution in [0, 0.1) is 6.92 Å². The van der Waals surface area contributed by atoms with Crippen molar-refractivity contribution in [3.8, 4) is 11.6 Å². The first-order valence-corrected chi connectivity index (χ1v) is 4.00. The number of rotatable bonds is 3. The number of hydrogen-bond donors (Lipinski definition) is 1. The molecule has 0 atom stereocenters. The van der Waals surface area contributed by atoms with Crippen LogP contribution in [-0.2, 0) is 11.4 Å². The van der Waals surface area contributed by atoms with Crippen molar-refractivity contribution >= 4 is 0 Å². The third-order valence-corrected chi connectivity index (χ3v) is 1.74. The Kier molecular flexibility index (Phi) is 2.30. The van der Waals surface area contributed by atoms with E-state index in [9.17, 15) is 0 Å². The maximum atomic E-state index is 5.18. The Bertz CT molecular complexity index is 421.